The van der Waals surface area contributed by atoms with Gasteiger partial charge < -0.3 is 10.2 Å². The molecule has 0 amide bonds. The second-order valence-electron chi connectivity index (χ2n) is 2.31. The summed E-state index contributed by atoms with van der Waals surface area (Å²) in [5.74, 6) is 0. The first-order valence-corrected chi connectivity index (χ1v) is 3.74. The molecule has 0 fully saturated rings. The van der Waals surface area contributed by atoms with E-state index in [0.29, 0.717) is 0 Å². The van der Waals surface area contributed by atoms with Crippen LogP contribution in [0.25, 0.3) is 0 Å². The Balaban J connectivity index is 3.49. The van der Waals surface area contributed by atoms with Gasteiger partial charge in [-0.15, -0.1) is 0 Å². The second-order valence-corrected chi connectivity index (χ2v) is 2.31. The Kier molecular flexibility index (Phi) is 6.55. The Bertz CT molecular complexity index is 97.4. The first kappa shape index (κ1) is 9.66. The summed E-state index contributed by atoms with van der Waals surface area (Å²) >= 11 is 0. The molecule has 2 heteroatoms. The predicted octanol–water partition coefficient (Wildman–Crippen LogP) is 1.09. The van der Waals surface area contributed by atoms with Crippen LogP contribution in [0.3, 0.4) is 0 Å². The quantitative estimate of drug-likeness (QED) is 0.567. The summed E-state index contributed by atoms with van der Waals surface area (Å²) in [6.07, 6.45) is 4.80. The lowest BCUT2D eigenvalue weighted by molar-refractivity contribution is 0.315. The van der Waals surface area contributed by atoms with Crippen molar-refractivity contribution in [3.63, 3.8) is 0 Å². The Morgan fingerprint density at radius 1 is 1.40 bits per heavy atom. The molecule has 0 saturated carbocycles. The smallest absolute Gasteiger partial charge is 0.0642 e. The maximum Gasteiger partial charge on any atom is 0.0642 e. The second kappa shape index (κ2) is 6.78. The van der Waals surface area contributed by atoms with Gasteiger partial charge in [0, 0.05) is 0 Å². The fourth-order valence-corrected chi connectivity index (χ4v) is 0.779. The van der Waals surface area contributed by atoms with Crippen LogP contribution >= 0.6 is 0 Å². The molecule has 10 heavy (non-hydrogen) atoms. The highest BCUT2D eigenvalue weighted by atomic mass is 16.3. The van der Waals surface area contributed by atoms with Crippen LogP contribution in [-0.4, -0.2) is 23.4 Å². The Labute approximate surface area is 62.2 Å². The normalized spacial score (nSPS) is 12.1. The zero-order chi connectivity index (χ0) is 7.82. The van der Waals surface area contributed by atoms with E-state index in [9.17, 15) is 0 Å². The Hall–Kier alpha value is -0.340. The van der Waals surface area contributed by atoms with Gasteiger partial charge in [-0.3, -0.25) is 0 Å². The van der Waals surface area contributed by atoms with Gasteiger partial charge in [0.1, 0.15) is 0 Å². The molecular weight excluding hydrogens is 128 g/mol. The number of aliphatic hydroxyl groups excluding tert-OH is 2. The summed E-state index contributed by atoms with van der Waals surface area (Å²) in [6, 6.07) is 0. The molecule has 0 aromatic carbocycles. The number of rotatable bonds is 5. The number of aliphatic hydroxyl groups is 2. The fourth-order valence-electron chi connectivity index (χ4n) is 0.779. The topological polar surface area (TPSA) is 40.5 Å². The minimum Gasteiger partial charge on any atom is -0.392 e. The molecule has 0 rings (SSSR count). The van der Waals surface area contributed by atoms with Gasteiger partial charge >= 0.3 is 0 Å². The van der Waals surface area contributed by atoms with E-state index >= 15 is 0 Å². The number of unbranched alkanes of at least 4 members (excludes halogenated alkanes) is 1. The SMILES string of the molecule is CCCC/C(=C/CO)CO. The van der Waals surface area contributed by atoms with Gasteiger partial charge in [-0.05, 0) is 18.4 Å². The summed E-state index contributed by atoms with van der Waals surface area (Å²) in [6.45, 7) is 2.23. The van der Waals surface area contributed by atoms with Crippen LogP contribution in [0.2, 0.25) is 0 Å². The molecular formula is C8H16O2. The molecule has 0 aliphatic carbocycles. The van der Waals surface area contributed by atoms with E-state index in [-0.39, 0.29) is 13.2 Å². The third kappa shape index (κ3) is 4.53. The van der Waals surface area contributed by atoms with Crippen LogP contribution in [-0.2, 0) is 0 Å². The molecule has 0 aromatic heterocycles. The van der Waals surface area contributed by atoms with Crippen molar-refractivity contribution in [1.29, 1.82) is 0 Å². The van der Waals surface area contributed by atoms with Gasteiger partial charge in [-0.1, -0.05) is 19.4 Å². The van der Waals surface area contributed by atoms with E-state index < -0.39 is 0 Å². The van der Waals surface area contributed by atoms with E-state index in [1.807, 2.05) is 0 Å². The lowest BCUT2D eigenvalue weighted by Crippen LogP contribution is -1.92. The molecule has 0 saturated heterocycles. The third-order valence-corrected chi connectivity index (χ3v) is 1.43. The highest BCUT2D eigenvalue weighted by molar-refractivity contribution is 5.01. The zero-order valence-corrected chi connectivity index (χ0v) is 6.51. The maximum atomic E-state index is 8.70. The van der Waals surface area contributed by atoms with E-state index in [1.165, 1.54) is 0 Å². The lowest BCUT2D eigenvalue weighted by atomic mass is 10.1. The average molecular weight is 144 g/mol. The van der Waals surface area contributed by atoms with Crippen LogP contribution in [0, 0.1) is 0 Å². The van der Waals surface area contributed by atoms with E-state index in [1.54, 1.807) is 6.08 Å². The van der Waals surface area contributed by atoms with Crippen LogP contribution in [0.15, 0.2) is 11.6 Å². The number of hydrogen-bond donors (Lipinski definition) is 2. The molecule has 2 N–H and O–H groups in total. The molecule has 0 atom stereocenters. The summed E-state index contributed by atoms with van der Waals surface area (Å²) in [5, 5.41) is 17.2. The van der Waals surface area contributed by atoms with Gasteiger partial charge in [0.15, 0.2) is 0 Å². The van der Waals surface area contributed by atoms with Crippen molar-refractivity contribution in [3.8, 4) is 0 Å². The Morgan fingerprint density at radius 2 is 2.10 bits per heavy atom. The fraction of sp³-hybridized carbons (Fsp3) is 0.750. The van der Waals surface area contributed by atoms with Crippen molar-refractivity contribution in [3.05, 3.63) is 11.6 Å². The molecule has 0 spiro atoms. The van der Waals surface area contributed by atoms with Crippen molar-refractivity contribution in [2.24, 2.45) is 0 Å². The first-order valence-electron chi connectivity index (χ1n) is 3.74. The highest BCUT2D eigenvalue weighted by Gasteiger charge is 1.92. The summed E-state index contributed by atoms with van der Waals surface area (Å²) in [4.78, 5) is 0. The van der Waals surface area contributed by atoms with Crippen LogP contribution in [0.1, 0.15) is 26.2 Å². The van der Waals surface area contributed by atoms with Crippen molar-refractivity contribution in [2.75, 3.05) is 13.2 Å². The van der Waals surface area contributed by atoms with Gasteiger partial charge in [0.2, 0.25) is 0 Å². The molecule has 0 unspecified atom stereocenters. The lowest BCUT2D eigenvalue weighted by Gasteiger charge is -2.00. The van der Waals surface area contributed by atoms with Crippen LogP contribution in [0.4, 0.5) is 0 Å². The van der Waals surface area contributed by atoms with Crippen LogP contribution < -0.4 is 0 Å². The third-order valence-electron chi connectivity index (χ3n) is 1.43. The molecule has 2 nitrogen and oxygen atoms in total. The minimum atomic E-state index is 0.0413. The largest absolute Gasteiger partial charge is 0.392 e. The first-order chi connectivity index (χ1) is 4.85. The van der Waals surface area contributed by atoms with Gasteiger partial charge in [0.05, 0.1) is 13.2 Å². The molecule has 60 valence electrons. The van der Waals surface area contributed by atoms with Crippen molar-refractivity contribution in [1.82, 2.24) is 0 Å². The average Bonchev–Trinajstić information content (AvgIpc) is 1.98. The van der Waals surface area contributed by atoms with E-state index in [4.69, 9.17) is 10.2 Å². The van der Waals surface area contributed by atoms with E-state index in [2.05, 4.69) is 6.92 Å². The maximum absolute atomic E-state index is 8.70. The molecule has 0 radical (unpaired) electrons. The predicted molar refractivity (Wildman–Crippen MR) is 41.8 cm³/mol. The molecule has 0 aliphatic heterocycles. The van der Waals surface area contributed by atoms with Crippen molar-refractivity contribution >= 4 is 0 Å². The molecule has 0 aromatic rings. The standard InChI is InChI=1S/C8H16O2/c1-2-3-4-8(7-10)5-6-9/h5,9-10H,2-4,6-7H2,1H3/b8-5-. The Morgan fingerprint density at radius 3 is 2.50 bits per heavy atom. The molecule has 0 bridgehead atoms. The highest BCUT2D eigenvalue weighted by Crippen LogP contribution is 2.05. The van der Waals surface area contributed by atoms with Crippen molar-refractivity contribution < 1.29 is 10.2 Å². The minimum absolute atomic E-state index is 0.0413. The molecule has 0 aliphatic rings. The van der Waals surface area contributed by atoms with E-state index in [0.717, 1.165) is 24.8 Å². The van der Waals surface area contributed by atoms with Gasteiger partial charge in [-0.2, -0.15) is 0 Å². The summed E-state index contributed by atoms with van der Waals surface area (Å²) in [7, 11) is 0. The number of hydrogen-bond acceptors (Lipinski definition) is 2. The monoisotopic (exact) mass is 144 g/mol. The van der Waals surface area contributed by atoms with Crippen LogP contribution in [0.5, 0.6) is 0 Å². The van der Waals surface area contributed by atoms with Crippen molar-refractivity contribution in [2.45, 2.75) is 26.2 Å². The van der Waals surface area contributed by atoms with Gasteiger partial charge in [-0.25, -0.2) is 0 Å². The summed E-state index contributed by atoms with van der Waals surface area (Å²) < 4.78 is 0. The summed E-state index contributed by atoms with van der Waals surface area (Å²) in [5.41, 5.74) is 0.948. The van der Waals surface area contributed by atoms with Gasteiger partial charge in [0.25, 0.3) is 0 Å². The zero-order valence-electron chi connectivity index (χ0n) is 6.51. The molecule has 0 heterocycles.